The summed E-state index contributed by atoms with van der Waals surface area (Å²) in [5.74, 6) is 0.479. The average molecular weight is 516 g/mol. The molecule has 0 aromatic heterocycles. The Labute approximate surface area is 207 Å². The SMILES string of the molecule is CC(C)(C)c1cc(Pc2ccccc2N2CCCCC2)c(O)c(C(C)(C)C)c1.[Cl][Ti][Cl]. The first kappa shape index (κ1) is 27.0. The van der Waals surface area contributed by atoms with Crippen molar-refractivity contribution in [2.24, 2.45) is 0 Å². The van der Waals surface area contributed by atoms with Gasteiger partial charge in [-0.25, -0.2) is 0 Å². The molecule has 0 amide bonds. The predicted octanol–water partition coefficient (Wildman–Crippen LogP) is 6.98. The van der Waals surface area contributed by atoms with Crippen LogP contribution in [-0.2, 0) is 27.9 Å². The number of anilines is 1. The van der Waals surface area contributed by atoms with Crippen LogP contribution in [0.1, 0.15) is 71.9 Å². The number of piperidine rings is 1. The summed E-state index contributed by atoms with van der Waals surface area (Å²) in [6, 6.07) is 13.2. The second-order valence-corrected chi connectivity index (χ2v) is 14.1. The number of hydrogen-bond donors (Lipinski definition) is 1. The Bertz CT molecular complexity index is 856. The van der Waals surface area contributed by atoms with Gasteiger partial charge < -0.3 is 10.0 Å². The molecule has 31 heavy (non-hydrogen) atoms. The molecule has 2 nitrogen and oxygen atoms in total. The fourth-order valence-electron chi connectivity index (χ4n) is 3.87. The molecule has 1 atom stereocenters. The van der Waals surface area contributed by atoms with E-state index in [4.69, 9.17) is 18.6 Å². The van der Waals surface area contributed by atoms with Gasteiger partial charge in [-0.1, -0.05) is 74.4 Å². The zero-order chi connectivity index (χ0) is 23.2. The van der Waals surface area contributed by atoms with Crippen LogP contribution in [0.25, 0.3) is 0 Å². The summed E-state index contributed by atoms with van der Waals surface area (Å²) in [5, 5.41) is 13.6. The van der Waals surface area contributed by atoms with E-state index < -0.39 is 17.0 Å². The number of rotatable bonds is 3. The van der Waals surface area contributed by atoms with Crippen LogP contribution in [0.3, 0.4) is 0 Å². The van der Waals surface area contributed by atoms with E-state index in [1.807, 2.05) is 0 Å². The Balaban J connectivity index is 0.00000107. The van der Waals surface area contributed by atoms with Crippen molar-refractivity contribution in [1.29, 1.82) is 0 Å². The summed E-state index contributed by atoms with van der Waals surface area (Å²) >= 11 is -0.556. The predicted molar refractivity (Wildman–Crippen MR) is 137 cm³/mol. The molecule has 0 radical (unpaired) electrons. The van der Waals surface area contributed by atoms with Crippen LogP contribution in [0, 0.1) is 0 Å². The molecule has 1 aliphatic rings. The van der Waals surface area contributed by atoms with Gasteiger partial charge >= 0.3 is 35.6 Å². The fraction of sp³-hybridized carbons (Fsp3) is 0.520. The number of phenols is 1. The van der Waals surface area contributed by atoms with E-state index in [2.05, 4.69) is 82.8 Å². The third-order valence-electron chi connectivity index (χ3n) is 5.65. The van der Waals surface area contributed by atoms with E-state index in [1.54, 1.807) is 0 Å². The van der Waals surface area contributed by atoms with Gasteiger partial charge in [0, 0.05) is 34.9 Å². The molecular formula is C25H36Cl2NOPTi. The summed E-state index contributed by atoms with van der Waals surface area (Å²) in [4.78, 5) is 2.53. The first-order chi connectivity index (χ1) is 14.5. The van der Waals surface area contributed by atoms with E-state index in [1.165, 1.54) is 35.8 Å². The van der Waals surface area contributed by atoms with E-state index >= 15 is 0 Å². The molecule has 1 aliphatic heterocycles. The van der Waals surface area contributed by atoms with Crippen LogP contribution >= 0.6 is 27.2 Å². The van der Waals surface area contributed by atoms with Crippen molar-refractivity contribution in [2.45, 2.75) is 71.6 Å². The number of para-hydroxylation sites is 1. The fourth-order valence-corrected chi connectivity index (χ4v) is 5.19. The monoisotopic (exact) mass is 515 g/mol. The molecule has 170 valence electrons. The van der Waals surface area contributed by atoms with Crippen molar-refractivity contribution < 1.29 is 22.1 Å². The first-order valence-electron chi connectivity index (χ1n) is 10.9. The molecule has 2 aromatic carbocycles. The molecule has 1 unspecified atom stereocenters. The molecule has 2 aromatic rings. The number of phenolic OH excluding ortho intramolecular Hbond substituents is 1. The van der Waals surface area contributed by atoms with Gasteiger partial charge in [-0.3, -0.25) is 0 Å². The molecule has 1 heterocycles. The topological polar surface area (TPSA) is 23.5 Å². The van der Waals surface area contributed by atoms with Gasteiger partial charge in [-0.15, -0.1) is 0 Å². The molecule has 1 fully saturated rings. The summed E-state index contributed by atoms with van der Waals surface area (Å²) in [5.41, 5.74) is 3.67. The number of halogens is 2. The summed E-state index contributed by atoms with van der Waals surface area (Å²) in [6.45, 7) is 15.6. The second kappa shape index (κ2) is 11.8. The van der Waals surface area contributed by atoms with Crippen molar-refractivity contribution in [3.63, 3.8) is 0 Å². The standard InChI is InChI=1S/C25H36NOP.2ClH.Ti/c1-24(2,3)18-16-19(25(4,5)6)23(27)22(17-18)28-21-13-9-8-12-20(21)26-14-10-7-11-15-26;;;/h8-9,12-13,16-17,27-28H,7,10-11,14-15H2,1-6H3;2*1H;/q;;;+2/p-2. The minimum atomic E-state index is -0.556. The molecule has 1 N–H and O–H groups in total. The Morgan fingerprint density at radius 1 is 0.871 bits per heavy atom. The van der Waals surface area contributed by atoms with Crippen molar-refractivity contribution in [1.82, 2.24) is 0 Å². The number of nitrogens with zero attached hydrogens (tertiary/aromatic N) is 1. The molecular weight excluding hydrogens is 480 g/mol. The summed E-state index contributed by atoms with van der Waals surface area (Å²) in [7, 11) is 10.2. The zero-order valence-electron chi connectivity index (χ0n) is 19.6. The molecule has 1 saturated heterocycles. The minimum absolute atomic E-state index is 0.0549. The second-order valence-electron chi connectivity index (χ2n) is 10.2. The van der Waals surface area contributed by atoms with Crippen LogP contribution in [0.2, 0.25) is 0 Å². The summed E-state index contributed by atoms with van der Waals surface area (Å²) < 4.78 is 0. The molecule has 0 bridgehead atoms. The van der Waals surface area contributed by atoms with Crippen LogP contribution in [0.15, 0.2) is 36.4 Å². The van der Waals surface area contributed by atoms with Crippen molar-refractivity contribution >= 4 is 43.5 Å². The van der Waals surface area contributed by atoms with Crippen molar-refractivity contribution in [2.75, 3.05) is 18.0 Å². The molecule has 3 rings (SSSR count). The maximum atomic E-state index is 11.2. The van der Waals surface area contributed by atoms with Crippen molar-refractivity contribution in [3.8, 4) is 5.75 Å². The quantitative estimate of drug-likeness (QED) is 0.352. The molecule has 0 spiro atoms. The van der Waals surface area contributed by atoms with Gasteiger partial charge in [-0.05, 0) is 47.8 Å². The van der Waals surface area contributed by atoms with E-state index in [0.717, 1.165) is 24.0 Å². The maximum absolute atomic E-state index is 11.2. The number of benzene rings is 2. The van der Waals surface area contributed by atoms with Gasteiger partial charge in [0.25, 0.3) is 0 Å². The number of hydrogen-bond acceptors (Lipinski definition) is 2. The Kier molecular flexibility index (Phi) is 10.2. The number of aromatic hydroxyl groups is 1. The third kappa shape index (κ3) is 7.65. The molecule has 0 aliphatic carbocycles. The van der Waals surface area contributed by atoms with Gasteiger partial charge in [-0.2, -0.15) is 0 Å². The van der Waals surface area contributed by atoms with Crippen molar-refractivity contribution in [3.05, 3.63) is 47.5 Å². The Hall–Kier alpha value is -0.236. The van der Waals surface area contributed by atoms with E-state index in [-0.39, 0.29) is 10.8 Å². The van der Waals surface area contributed by atoms with Crippen LogP contribution in [0.4, 0.5) is 5.69 Å². The Morgan fingerprint density at radius 2 is 1.45 bits per heavy atom. The van der Waals surface area contributed by atoms with Gasteiger partial charge in [0.1, 0.15) is 5.75 Å². The zero-order valence-corrected chi connectivity index (χ0v) is 23.7. The van der Waals surface area contributed by atoms with Gasteiger partial charge in [0.15, 0.2) is 0 Å². The molecule has 0 saturated carbocycles. The first-order valence-corrected chi connectivity index (χ1v) is 16.2. The Morgan fingerprint density at radius 3 is 2.00 bits per heavy atom. The molecule has 6 heteroatoms. The van der Waals surface area contributed by atoms with Crippen LogP contribution < -0.4 is 15.5 Å². The average Bonchev–Trinajstić information content (AvgIpc) is 2.69. The van der Waals surface area contributed by atoms with Crippen LogP contribution in [-0.4, -0.2) is 18.2 Å². The van der Waals surface area contributed by atoms with E-state index in [0.29, 0.717) is 14.3 Å². The normalized spacial score (nSPS) is 15.0. The third-order valence-corrected chi connectivity index (χ3v) is 7.00. The summed E-state index contributed by atoms with van der Waals surface area (Å²) in [6.07, 6.45) is 3.89. The van der Waals surface area contributed by atoms with Gasteiger partial charge in [0.2, 0.25) is 0 Å². The van der Waals surface area contributed by atoms with Crippen LogP contribution in [0.5, 0.6) is 5.75 Å². The van der Waals surface area contributed by atoms with E-state index in [9.17, 15) is 5.11 Å². The van der Waals surface area contributed by atoms with Gasteiger partial charge in [0.05, 0.1) is 0 Å².